The molecule has 1 aliphatic heterocycles. The highest BCUT2D eigenvalue weighted by atomic mass is 32.2. The van der Waals surface area contributed by atoms with Crippen molar-refractivity contribution in [2.24, 2.45) is 0 Å². The lowest BCUT2D eigenvalue weighted by Crippen LogP contribution is -1.97. The highest BCUT2D eigenvalue weighted by Crippen LogP contribution is 2.38. The summed E-state index contributed by atoms with van der Waals surface area (Å²) in [5.41, 5.74) is 5.61. The van der Waals surface area contributed by atoms with Crippen molar-refractivity contribution in [3.05, 3.63) is 59.1 Å². The van der Waals surface area contributed by atoms with Gasteiger partial charge >= 0.3 is 0 Å². The van der Waals surface area contributed by atoms with Gasteiger partial charge in [-0.2, -0.15) is 0 Å². The molecule has 27 heavy (non-hydrogen) atoms. The lowest BCUT2D eigenvalue weighted by atomic mass is 10.1. The minimum atomic E-state index is -3.52. The SMILES string of the molecule is COC1=CS(=O)(=O)c2cc3c(Nc4ccc5scnc5c4)ccnc3cc21. The van der Waals surface area contributed by atoms with Gasteiger partial charge in [0, 0.05) is 28.5 Å². The minimum Gasteiger partial charge on any atom is -0.495 e. The van der Waals surface area contributed by atoms with Gasteiger partial charge in [0.15, 0.2) is 0 Å². The summed E-state index contributed by atoms with van der Waals surface area (Å²) < 4.78 is 31.2. The van der Waals surface area contributed by atoms with E-state index in [4.69, 9.17) is 4.74 Å². The molecule has 0 saturated heterocycles. The fourth-order valence-electron chi connectivity index (χ4n) is 3.23. The van der Waals surface area contributed by atoms with E-state index in [0.29, 0.717) is 16.8 Å². The van der Waals surface area contributed by atoms with Crippen molar-refractivity contribution in [3.63, 3.8) is 0 Å². The van der Waals surface area contributed by atoms with Gasteiger partial charge in [-0.15, -0.1) is 11.3 Å². The second-order valence-electron chi connectivity index (χ2n) is 6.12. The number of ether oxygens (including phenoxy) is 1. The fraction of sp³-hybridized carbons (Fsp3) is 0.0526. The Morgan fingerprint density at radius 2 is 1.96 bits per heavy atom. The van der Waals surface area contributed by atoms with Crippen LogP contribution in [0.3, 0.4) is 0 Å². The Hall–Kier alpha value is -2.97. The van der Waals surface area contributed by atoms with Crippen molar-refractivity contribution < 1.29 is 13.2 Å². The molecule has 8 heteroatoms. The molecule has 5 rings (SSSR count). The van der Waals surface area contributed by atoms with Gasteiger partial charge in [-0.3, -0.25) is 4.98 Å². The van der Waals surface area contributed by atoms with E-state index in [-0.39, 0.29) is 4.90 Å². The first-order chi connectivity index (χ1) is 13.0. The second kappa shape index (κ2) is 5.77. The Morgan fingerprint density at radius 3 is 2.81 bits per heavy atom. The zero-order valence-corrected chi connectivity index (χ0v) is 15.8. The highest BCUT2D eigenvalue weighted by molar-refractivity contribution is 7.95. The third kappa shape index (κ3) is 2.56. The number of hydrogen-bond donors (Lipinski definition) is 1. The summed E-state index contributed by atoms with van der Waals surface area (Å²) in [7, 11) is -2.06. The zero-order valence-electron chi connectivity index (χ0n) is 14.1. The molecule has 134 valence electrons. The first kappa shape index (κ1) is 16.2. The first-order valence-corrected chi connectivity index (χ1v) is 10.5. The molecule has 0 atom stereocenters. The fourth-order valence-corrected chi connectivity index (χ4v) is 5.27. The number of aromatic nitrogens is 2. The number of thiazole rings is 1. The van der Waals surface area contributed by atoms with Gasteiger partial charge in [-0.25, -0.2) is 13.4 Å². The van der Waals surface area contributed by atoms with Crippen LogP contribution in [0.2, 0.25) is 0 Å². The van der Waals surface area contributed by atoms with E-state index in [1.54, 1.807) is 29.7 Å². The zero-order chi connectivity index (χ0) is 18.6. The van der Waals surface area contributed by atoms with Gasteiger partial charge in [-0.1, -0.05) is 0 Å². The summed E-state index contributed by atoms with van der Waals surface area (Å²) in [5.74, 6) is 0.334. The van der Waals surface area contributed by atoms with Crippen LogP contribution < -0.4 is 5.32 Å². The van der Waals surface area contributed by atoms with Crippen LogP contribution in [0.4, 0.5) is 11.4 Å². The van der Waals surface area contributed by atoms with Crippen LogP contribution in [0.1, 0.15) is 5.56 Å². The van der Waals surface area contributed by atoms with Crippen LogP contribution in [0, 0.1) is 0 Å². The number of rotatable bonds is 3. The van der Waals surface area contributed by atoms with Gasteiger partial charge in [-0.05, 0) is 36.4 Å². The molecule has 0 bridgehead atoms. The van der Waals surface area contributed by atoms with Crippen molar-refractivity contribution >= 4 is 59.4 Å². The monoisotopic (exact) mass is 395 g/mol. The minimum absolute atomic E-state index is 0.234. The molecule has 0 saturated carbocycles. The van der Waals surface area contributed by atoms with E-state index in [0.717, 1.165) is 32.4 Å². The van der Waals surface area contributed by atoms with Gasteiger partial charge in [0.2, 0.25) is 9.84 Å². The summed E-state index contributed by atoms with van der Waals surface area (Å²) in [6.45, 7) is 0. The number of hydrogen-bond acceptors (Lipinski definition) is 7. The summed E-state index contributed by atoms with van der Waals surface area (Å²) in [6.07, 6.45) is 1.69. The van der Waals surface area contributed by atoms with Gasteiger partial charge in [0.25, 0.3) is 0 Å². The van der Waals surface area contributed by atoms with Crippen molar-refractivity contribution in [2.45, 2.75) is 4.90 Å². The molecule has 2 aromatic heterocycles. The van der Waals surface area contributed by atoms with Crippen LogP contribution in [0.25, 0.3) is 26.9 Å². The number of pyridine rings is 1. The Labute approximate surface area is 159 Å². The maximum atomic E-state index is 12.4. The van der Waals surface area contributed by atoms with Crippen molar-refractivity contribution in [1.29, 1.82) is 0 Å². The predicted octanol–water partition coefficient (Wildman–Crippen LogP) is 4.32. The van der Waals surface area contributed by atoms with E-state index >= 15 is 0 Å². The van der Waals surface area contributed by atoms with Crippen LogP contribution in [0.15, 0.2) is 58.4 Å². The van der Waals surface area contributed by atoms with E-state index in [1.165, 1.54) is 7.11 Å². The molecule has 0 amide bonds. The molecule has 1 aliphatic rings. The molecule has 0 aliphatic carbocycles. The summed E-state index contributed by atoms with van der Waals surface area (Å²) >= 11 is 1.59. The molecule has 2 aromatic carbocycles. The Morgan fingerprint density at radius 1 is 1.07 bits per heavy atom. The topological polar surface area (TPSA) is 81.2 Å². The average Bonchev–Trinajstić information content (AvgIpc) is 3.22. The lowest BCUT2D eigenvalue weighted by Gasteiger charge is -2.11. The predicted molar refractivity (Wildman–Crippen MR) is 107 cm³/mol. The standard InChI is InChI=1S/C19H13N3O3S2/c1-25-17-9-27(23,24)19-8-12-14(4-5-20-15(12)7-13(17)19)22-11-2-3-18-16(6-11)21-10-26-18/h2-10H,1H3,(H,20,22). The number of nitrogens with zero attached hydrogens (tertiary/aromatic N) is 2. The third-order valence-corrected chi connectivity index (χ3v) is 6.79. The van der Waals surface area contributed by atoms with Gasteiger partial charge in [0.05, 0.1) is 38.7 Å². The molecule has 4 aromatic rings. The molecule has 6 nitrogen and oxygen atoms in total. The first-order valence-electron chi connectivity index (χ1n) is 8.09. The number of fused-ring (bicyclic) bond motifs is 3. The Balaban J connectivity index is 1.66. The maximum Gasteiger partial charge on any atom is 0.204 e. The Kier molecular flexibility index (Phi) is 3.46. The van der Waals surface area contributed by atoms with E-state index in [9.17, 15) is 8.42 Å². The number of nitrogens with one attached hydrogen (secondary N) is 1. The van der Waals surface area contributed by atoms with Gasteiger partial charge < -0.3 is 10.1 Å². The summed E-state index contributed by atoms with van der Waals surface area (Å²) in [5, 5.41) is 5.23. The maximum absolute atomic E-state index is 12.4. The van der Waals surface area contributed by atoms with Gasteiger partial charge in [0.1, 0.15) is 5.76 Å². The number of sulfone groups is 1. The molecular formula is C19H13N3O3S2. The highest BCUT2D eigenvalue weighted by Gasteiger charge is 2.29. The van der Waals surface area contributed by atoms with Crippen molar-refractivity contribution in [3.8, 4) is 0 Å². The quantitative estimate of drug-likeness (QED) is 0.556. The largest absolute Gasteiger partial charge is 0.495 e. The molecule has 0 spiro atoms. The second-order valence-corrected chi connectivity index (χ2v) is 8.77. The number of benzene rings is 2. The molecule has 0 radical (unpaired) electrons. The molecule has 0 unspecified atom stereocenters. The lowest BCUT2D eigenvalue weighted by molar-refractivity contribution is 0.370. The normalized spacial score (nSPS) is 14.9. The van der Waals surface area contributed by atoms with Crippen molar-refractivity contribution in [1.82, 2.24) is 9.97 Å². The molecular weight excluding hydrogens is 382 g/mol. The van der Waals surface area contributed by atoms with Crippen molar-refractivity contribution in [2.75, 3.05) is 12.4 Å². The van der Waals surface area contributed by atoms with E-state index in [1.807, 2.05) is 29.8 Å². The van der Waals surface area contributed by atoms with Crippen LogP contribution in [-0.2, 0) is 14.6 Å². The third-order valence-electron chi connectivity index (χ3n) is 4.51. The summed E-state index contributed by atoms with van der Waals surface area (Å²) in [4.78, 5) is 8.96. The molecule has 1 N–H and O–H groups in total. The van der Waals surface area contributed by atoms with Crippen LogP contribution >= 0.6 is 11.3 Å². The Bertz CT molecular complexity index is 1360. The smallest absolute Gasteiger partial charge is 0.204 e. The van der Waals surface area contributed by atoms with Crippen LogP contribution in [0.5, 0.6) is 0 Å². The van der Waals surface area contributed by atoms with E-state index in [2.05, 4.69) is 15.3 Å². The molecule has 3 heterocycles. The van der Waals surface area contributed by atoms with E-state index < -0.39 is 9.84 Å². The number of anilines is 2. The summed E-state index contributed by atoms with van der Waals surface area (Å²) in [6, 6.07) is 11.2. The van der Waals surface area contributed by atoms with Crippen LogP contribution in [-0.4, -0.2) is 25.5 Å². The molecule has 0 fully saturated rings. The number of methoxy groups -OCH3 is 1. The average molecular weight is 395 g/mol.